The number of Topliss-reactive ketones (excluding diaryl/α,β-unsaturated/α-hetero) is 1. The van der Waals surface area contributed by atoms with Gasteiger partial charge in [0.2, 0.25) is 0 Å². The molecule has 0 amide bonds. The minimum absolute atomic E-state index is 0.0247. The first kappa shape index (κ1) is 24.3. The van der Waals surface area contributed by atoms with Crippen LogP contribution in [0.4, 0.5) is 0 Å². The van der Waals surface area contributed by atoms with Crippen LogP contribution in [0.15, 0.2) is 49.2 Å². The second kappa shape index (κ2) is 8.92. The molecule has 0 radical (unpaired) electrons. The Labute approximate surface area is 214 Å². The summed E-state index contributed by atoms with van der Waals surface area (Å²) in [7, 11) is 0. The highest BCUT2D eigenvalue weighted by Gasteiger charge is 2.22. The lowest BCUT2D eigenvalue weighted by atomic mass is 9.94. The van der Waals surface area contributed by atoms with Crippen molar-refractivity contribution in [2.24, 2.45) is 0 Å². The number of hydrogen-bond donors (Lipinski definition) is 0. The van der Waals surface area contributed by atoms with E-state index in [0.717, 1.165) is 44.5 Å². The summed E-state index contributed by atoms with van der Waals surface area (Å²) in [6.45, 7) is 10.7. The Morgan fingerprint density at radius 1 is 0.919 bits per heavy atom. The van der Waals surface area contributed by atoms with Crippen molar-refractivity contribution in [3.05, 3.63) is 66.3 Å². The van der Waals surface area contributed by atoms with Crippen LogP contribution in [-0.4, -0.2) is 46.5 Å². The molecule has 1 aromatic carbocycles. The summed E-state index contributed by atoms with van der Waals surface area (Å²) in [5.74, 6) is 0.184. The molecule has 37 heavy (non-hydrogen) atoms. The van der Waals surface area contributed by atoms with Crippen LogP contribution in [0.3, 0.4) is 0 Å². The predicted molar refractivity (Wildman–Crippen MR) is 140 cm³/mol. The Bertz CT molecular complexity index is 1670. The van der Waals surface area contributed by atoms with E-state index in [9.17, 15) is 9.59 Å². The summed E-state index contributed by atoms with van der Waals surface area (Å²) < 4.78 is 9.06. The van der Waals surface area contributed by atoms with E-state index in [0.29, 0.717) is 11.4 Å². The molecule has 4 aromatic heterocycles. The zero-order valence-electron chi connectivity index (χ0n) is 21.7. The molecule has 0 saturated carbocycles. The Kier molecular flexibility index (Phi) is 5.86. The van der Waals surface area contributed by atoms with Gasteiger partial charge in [-0.05, 0) is 64.8 Å². The zero-order valence-corrected chi connectivity index (χ0v) is 21.7. The molecule has 0 bridgehead atoms. The van der Waals surface area contributed by atoms with Crippen molar-refractivity contribution in [2.45, 2.75) is 53.7 Å². The normalized spacial score (nSPS) is 11.8. The second-order valence-corrected chi connectivity index (χ2v) is 10.2. The lowest BCUT2D eigenvalue weighted by Gasteiger charge is -2.20. The summed E-state index contributed by atoms with van der Waals surface area (Å²) in [5.41, 5.74) is 5.57. The number of carbonyl (C=O) groups excluding carboxylic acids is 2. The highest BCUT2D eigenvalue weighted by atomic mass is 16.6. The molecule has 0 N–H and O–H groups in total. The van der Waals surface area contributed by atoms with E-state index in [1.165, 1.54) is 6.92 Å². The van der Waals surface area contributed by atoms with Crippen LogP contribution >= 0.6 is 0 Å². The molecule has 4 heterocycles. The van der Waals surface area contributed by atoms with E-state index >= 15 is 0 Å². The van der Waals surface area contributed by atoms with Crippen molar-refractivity contribution in [2.75, 3.05) is 0 Å². The monoisotopic (exact) mass is 496 g/mol. The third kappa shape index (κ3) is 4.84. The smallest absolute Gasteiger partial charge is 0.326 e. The van der Waals surface area contributed by atoms with Crippen molar-refractivity contribution in [1.29, 1.82) is 0 Å². The number of aromatic nitrogens is 6. The summed E-state index contributed by atoms with van der Waals surface area (Å²) in [4.78, 5) is 38.7. The molecule has 0 aliphatic carbocycles. The summed E-state index contributed by atoms with van der Waals surface area (Å²) >= 11 is 0. The molecule has 9 nitrogen and oxygen atoms in total. The molecule has 5 aromatic rings. The van der Waals surface area contributed by atoms with Gasteiger partial charge in [0.25, 0.3) is 0 Å². The zero-order chi connectivity index (χ0) is 26.5. The highest BCUT2D eigenvalue weighted by Crippen LogP contribution is 2.37. The first-order valence-corrected chi connectivity index (χ1v) is 12.0. The van der Waals surface area contributed by atoms with Gasteiger partial charge in [-0.1, -0.05) is 0 Å². The van der Waals surface area contributed by atoms with E-state index in [2.05, 4.69) is 20.1 Å². The van der Waals surface area contributed by atoms with Gasteiger partial charge >= 0.3 is 5.97 Å². The van der Waals surface area contributed by atoms with Crippen LogP contribution < -0.4 is 0 Å². The average Bonchev–Trinajstić information content (AvgIpc) is 3.36. The van der Waals surface area contributed by atoms with Crippen molar-refractivity contribution < 1.29 is 14.3 Å². The lowest BCUT2D eigenvalue weighted by molar-refractivity contribution is -0.155. The molecule has 0 aliphatic rings. The molecule has 0 unspecified atom stereocenters. The first-order chi connectivity index (χ1) is 17.5. The third-order valence-corrected chi connectivity index (χ3v) is 5.96. The molecule has 188 valence electrons. The van der Waals surface area contributed by atoms with Crippen molar-refractivity contribution in [1.82, 2.24) is 29.1 Å². The van der Waals surface area contributed by atoms with Crippen LogP contribution in [0, 0.1) is 13.8 Å². The number of aryl methyl sites for hydroxylation is 2. The molecular formula is C28H28N6O3. The average molecular weight is 497 g/mol. The van der Waals surface area contributed by atoms with Gasteiger partial charge in [-0.15, -0.1) is 0 Å². The number of benzene rings is 1. The fourth-order valence-electron chi connectivity index (χ4n) is 4.40. The molecule has 0 atom stereocenters. The van der Waals surface area contributed by atoms with Gasteiger partial charge in [0.05, 0.1) is 5.69 Å². The number of hydrogen-bond acceptors (Lipinski definition) is 7. The molecule has 0 fully saturated rings. The van der Waals surface area contributed by atoms with Crippen molar-refractivity contribution >= 4 is 28.3 Å². The number of fused-ring (bicyclic) bond motifs is 2. The number of nitrogens with zero attached hydrogens (tertiary/aromatic N) is 6. The van der Waals surface area contributed by atoms with Crippen LogP contribution in [0.5, 0.6) is 0 Å². The molecule has 0 saturated heterocycles. The number of rotatable bonds is 5. The maximum absolute atomic E-state index is 12.7. The SMILES string of the molecule is CC(=O)c1cn(CC(=O)OC(C)(C)C)c2cc(-c3cnc4cc(C)nn4c3)c(-c3cnc(C)nc3)cc12. The molecule has 9 heteroatoms. The number of ether oxygens (including phenoxy) is 1. The van der Waals surface area contributed by atoms with Gasteiger partial charge in [-0.3, -0.25) is 9.59 Å². The Morgan fingerprint density at radius 2 is 1.59 bits per heavy atom. The minimum atomic E-state index is -0.615. The Morgan fingerprint density at radius 3 is 2.27 bits per heavy atom. The van der Waals surface area contributed by atoms with E-state index in [1.54, 1.807) is 33.9 Å². The van der Waals surface area contributed by atoms with Gasteiger partial charge < -0.3 is 9.30 Å². The number of ketones is 1. The number of carbonyl (C=O) groups is 2. The Balaban J connectivity index is 1.75. The quantitative estimate of drug-likeness (QED) is 0.250. The maximum atomic E-state index is 12.7. The van der Waals surface area contributed by atoms with E-state index < -0.39 is 5.60 Å². The van der Waals surface area contributed by atoms with Crippen molar-refractivity contribution in [3.63, 3.8) is 0 Å². The van der Waals surface area contributed by atoms with Gasteiger partial charge in [0, 0.05) is 64.6 Å². The molecular weight excluding hydrogens is 468 g/mol. The van der Waals surface area contributed by atoms with Gasteiger partial charge in [-0.2, -0.15) is 5.10 Å². The molecule has 5 rings (SSSR count). The fraction of sp³-hybridized carbons (Fsp3) is 0.286. The lowest BCUT2D eigenvalue weighted by Crippen LogP contribution is -2.26. The van der Waals surface area contributed by atoms with Crippen LogP contribution in [-0.2, 0) is 16.1 Å². The molecule has 0 spiro atoms. The topological polar surface area (TPSA) is 104 Å². The van der Waals surface area contributed by atoms with E-state index in [1.807, 2.05) is 59.0 Å². The van der Waals surface area contributed by atoms with Gasteiger partial charge in [-0.25, -0.2) is 19.5 Å². The Hall–Kier alpha value is -4.40. The first-order valence-electron chi connectivity index (χ1n) is 12.0. The van der Waals surface area contributed by atoms with Gasteiger partial charge in [0.15, 0.2) is 11.4 Å². The highest BCUT2D eigenvalue weighted by molar-refractivity contribution is 6.09. The second-order valence-electron chi connectivity index (χ2n) is 10.2. The predicted octanol–water partition coefficient (Wildman–Crippen LogP) is 4.97. The van der Waals surface area contributed by atoms with E-state index in [4.69, 9.17) is 4.74 Å². The number of esters is 1. The van der Waals surface area contributed by atoms with Crippen LogP contribution in [0.2, 0.25) is 0 Å². The summed E-state index contributed by atoms with van der Waals surface area (Å²) in [6.07, 6.45) is 8.96. The maximum Gasteiger partial charge on any atom is 0.326 e. The molecule has 0 aliphatic heterocycles. The largest absolute Gasteiger partial charge is 0.459 e. The van der Waals surface area contributed by atoms with E-state index in [-0.39, 0.29) is 18.3 Å². The summed E-state index contributed by atoms with van der Waals surface area (Å²) in [5, 5.41) is 5.25. The minimum Gasteiger partial charge on any atom is -0.459 e. The fourth-order valence-corrected chi connectivity index (χ4v) is 4.40. The third-order valence-electron chi connectivity index (χ3n) is 5.96. The standard InChI is InChI=1S/C28H28N6O3/c1-16-7-26-31-12-20(13-34(26)32-16)22-9-25-23(8-21(22)19-10-29-18(3)30-11-19)24(17(2)35)14-33(25)15-27(36)37-28(4,5)6/h7-14H,15H2,1-6H3. The van der Waals surface area contributed by atoms with Gasteiger partial charge in [0.1, 0.15) is 18.0 Å². The summed E-state index contributed by atoms with van der Waals surface area (Å²) in [6, 6.07) is 5.84. The van der Waals surface area contributed by atoms with Crippen LogP contribution in [0.25, 0.3) is 38.8 Å². The van der Waals surface area contributed by atoms with Crippen LogP contribution in [0.1, 0.15) is 49.6 Å². The van der Waals surface area contributed by atoms with Crippen molar-refractivity contribution in [3.8, 4) is 22.3 Å².